The summed E-state index contributed by atoms with van der Waals surface area (Å²) in [6, 6.07) is 23.0. The van der Waals surface area contributed by atoms with E-state index in [4.69, 9.17) is 16.3 Å². The maximum atomic E-state index is 13.4. The monoisotopic (exact) mass is 507 g/mol. The number of anilines is 1. The standard InChI is InChI=1S/C25H19BrClN3O2/c1-32-24(31)23-22(14-26)29(15-28)30(17-12-10-16(27)11-13-17)25(23)20-8-4-2-6-18(20)19-7-3-5-9-21(19)25/h2-13,22-23H,14H2,1H3/t22-,23+/m1/s1. The van der Waals surface area contributed by atoms with Crippen molar-refractivity contribution in [1.29, 1.82) is 5.26 Å². The lowest BCUT2D eigenvalue weighted by molar-refractivity contribution is -0.147. The Balaban J connectivity index is 1.92. The van der Waals surface area contributed by atoms with Gasteiger partial charge in [0.1, 0.15) is 11.5 Å². The molecule has 2 aliphatic rings. The van der Waals surface area contributed by atoms with E-state index < -0.39 is 17.5 Å². The van der Waals surface area contributed by atoms with Gasteiger partial charge in [-0.05, 0) is 46.5 Å². The van der Waals surface area contributed by atoms with E-state index in [1.807, 2.05) is 53.5 Å². The van der Waals surface area contributed by atoms with Crippen LogP contribution in [0.1, 0.15) is 11.1 Å². The maximum Gasteiger partial charge on any atom is 0.314 e. The molecule has 2 atom stereocenters. The first kappa shape index (κ1) is 20.9. The lowest BCUT2D eigenvalue weighted by Crippen LogP contribution is -2.50. The summed E-state index contributed by atoms with van der Waals surface area (Å²) in [5.41, 5.74) is 3.83. The van der Waals surface area contributed by atoms with Crippen LogP contribution in [-0.4, -0.2) is 29.5 Å². The minimum Gasteiger partial charge on any atom is -0.469 e. The molecule has 1 heterocycles. The van der Waals surface area contributed by atoms with Gasteiger partial charge in [-0.3, -0.25) is 9.80 Å². The smallest absolute Gasteiger partial charge is 0.314 e. The fourth-order valence-electron chi connectivity index (χ4n) is 5.32. The van der Waals surface area contributed by atoms with Gasteiger partial charge in [0.2, 0.25) is 0 Å². The van der Waals surface area contributed by atoms with Gasteiger partial charge in [-0.15, -0.1) is 0 Å². The normalized spacial score (nSPS) is 20.1. The molecule has 1 fully saturated rings. The molecule has 1 aliphatic heterocycles. The fourth-order valence-corrected chi connectivity index (χ4v) is 6.09. The van der Waals surface area contributed by atoms with Crippen LogP contribution in [0, 0.1) is 17.4 Å². The van der Waals surface area contributed by atoms with Crippen LogP contribution < -0.4 is 5.01 Å². The third-order valence-electron chi connectivity index (χ3n) is 6.45. The molecule has 0 aromatic heterocycles. The predicted octanol–water partition coefficient (Wildman–Crippen LogP) is 5.33. The Morgan fingerprint density at radius 1 is 1.06 bits per heavy atom. The highest BCUT2D eigenvalue weighted by Crippen LogP contribution is 2.60. The molecule has 0 unspecified atom stereocenters. The molecule has 32 heavy (non-hydrogen) atoms. The molecule has 5 rings (SSSR count). The zero-order chi connectivity index (χ0) is 22.5. The van der Waals surface area contributed by atoms with Gasteiger partial charge in [0.15, 0.2) is 6.19 Å². The summed E-state index contributed by atoms with van der Waals surface area (Å²) >= 11 is 9.75. The average Bonchev–Trinajstić information content (AvgIpc) is 3.30. The number of hydrogen-bond acceptors (Lipinski definition) is 5. The summed E-state index contributed by atoms with van der Waals surface area (Å²) in [5, 5.41) is 14.9. The van der Waals surface area contributed by atoms with E-state index in [0.717, 1.165) is 27.9 Å². The third kappa shape index (κ3) is 2.65. The Morgan fingerprint density at radius 3 is 2.12 bits per heavy atom. The molecule has 1 spiro atoms. The number of hydrogen-bond donors (Lipinski definition) is 0. The largest absolute Gasteiger partial charge is 0.469 e. The number of methoxy groups -OCH3 is 1. The van der Waals surface area contributed by atoms with Gasteiger partial charge in [-0.25, -0.2) is 5.01 Å². The first-order valence-electron chi connectivity index (χ1n) is 10.2. The highest BCUT2D eigenvalue weighted by molar-refractivity contribution is 9.09. The number of hydrazine groups is 1. The number of nitrogens with zero attached hydrogens (tertiary/aromatic N) is 3. The van der Waals surface area contributed by atoms with Crippen LogP contribution in [0.2, 0.25) is 5.02 Å². The second kappa shape index (κ2) is 7.84. The molecule has 5 nitrogen and oxygen atoms in total. The van der Waals surface area contributed by atoms with Crippen LogP contribution in [0.4, 0.5) is 5.69 Å². The minimum atomic E-state index is -0.956. The van der Waals surface area contributed by atoms with Gasteiger partial charge >= 0.3 is 5.97 Å². The second-order valence-corrected chi connectivity index (χ2v) is 8.90. The van der Waals surface area contributed by atoms with Crippen molar-refractivity contribution in [2.75, 3.05) is 17.4 Å². The van der Waals surface area contributed by atoms with Crippen molar-refractivity contribution in [2.24, 2.45) is 5.92 Å². The van der Waals surface area contributed by atoms with Crippen molar-refractivity contribution in [3.05, 3.63) is 88.9 Å². The lowest BCUT2D eigenvalue weighted by Gasteiger charge is -2.41. The van der Waals surface area contributed by atoms with E-state index in [2.05, 4.69) is 34.3 Å². The molecule has 1 aliphatic carbocycles. The highest BCUT2D eigenvalue weighted by atomic mass is 79.9. The molecule has 0 saturated carbocycles. The molecular weight excluding hydrogens is 490 g/mol. The molecule has 1 saturated heterocycles. The number of fused-ring (bicyclic) bond motifs is 5. The van der Waals surface area contributed by atoms with Crippen LogP contribution >= 0.6 is 27.5 Å². The lowest BCUT2D eigenvalue weighted by atomic mass is 9.74. The number of carbonyl (C=O) groups is 1. The zero-order valence-electron chi connectivity index (χ0n) is 17.2. The van der Waals surface area contributed by atoms with Crippen molar-refractivity contribution in [2.45, 2.75) is 11.6 Å². The number of esters is 1. The van der Waals surface area contributed by atoms with Crippen molar-refractivity contribution in [3.63, 3.8) is 0 Å². The Kier molecular flexibility index (Phi) is 5.11. The summed E-state index contributed by atoms with van der Waals surface area (Å²) in [6.45, 7) is 0. The van der Waals surface area contributed by atoms with Crippen LogP contribution in [0.3, 0.4) is 0 Å². The molecular formula is C25H19BrClN3O2. The maximum absolute atomic E-state index is 13.4. The number of carbonyl (C=O) groups excluding carboxylic acids is 1. The molecule has 3 aromatic rings. The van der Waals surface area contributed by atoms with Crippen molar-refractivity contribution < 1.29 is 9.53 Å². The van der Waals surface area contributed by atoms with Crippen LogP contribution in [-0.2, 0) is 15.1 Å². The molecule has 7 heteroatoms. The Morgan fingerprint density at radius 2 is 1.62 bits per heavy atom. The number of ether oxygens (including phenoxy) is 1. The third-order valence-corrected chi connectivity index (χ3v) is 7.37. The van der Waals surface area contributed by atoms with E-state index in [1.165, 1.54) is 7.11 Å². The van der Waals surface area contributed by atoms with Gasteiger partial charge in [-0.1, -0.05) is 76.1 Å². The molecule has 0 amide bonds. The summed E-state index contributed by atoms with van der Waals surface area (Å²) in [4.78, 5) is 13.4. The number of benzene rings is 3. The number of halogens is 2. The van der Waals surface area contributed by atoms with E-state index in [1.54, 1.807) is 17.1 Å². The Bertz CT molecular complexity index is 1190. The van der Waals surface area contributed by atoms with E-state index in [9.17, 15) is 10.1 Å². The molecule has 3 aromatic carbocycles. The van der Waals surface area contributed by atoms with Crippen molar-refractivity contribution in [1.82, 2.24) is 5.01 Å². The van der Waals surface area contributed by atoms with E-state index in [0.29, 0.717) is 10.4 Å². The number of rotatable bonds is 3. The average molecular weight is 509 g/mol. The number of nitriles is 1. The Labute approximate surface area is 199 Å². The number of alkyl halides is 1. The first-order valence-corrected chi connectivity index (χ1v) is 11.7. The summed E-state index contributed by atoms with van der Waals surface area (Å²) in [5.74, 6) is -1.02. The van der Waals surface area contributed by atoms with E-state index >= 15 is 0 Å². The summed E-state index contributed by atoms with van der Waals surface area (Å²) in [7, 11) is 1.40. The van der Waals surface area contributed by atoms with Crippen LogP contribution in [0.5, 0.6) is 0 Å². The van der Waals surface area contributed by atoms with Crippen molar-refractivity contribution >= 4 is 39.2 Å². The SMILES string of the molecule is COC(=O)[C@@H]1[C@@H](CBr)N(C#N)N(c2ccc(Cl)cc2)C12c1ccccc1-c1ccccc12. The van der Waals surface area contributed by atoms with Crippen LogP contribution in [0.25, 0.3) is 11.1 Å². The zero-order valence-corrected chi connectivity index (χ0v) is 19.5. The Hall–Kier alpha value is -3.01. The second-order valence-electron chi connectivity index (χ2n) is 7.81. The van der Waals surface area contributed by atoms with E-state index in [-0.39, 0.29) is 5.97 Å². The quantitative estimate of drug-likeness (QED) is 0.272. The van der Waals surface area contributed by atoms with Gasteiger partial charge in [0.25, 0.3) is 0 Å². The van der Waals surface area contributed by atoms with Crippen LogP contribution in [0.15, 0.2) is 72.8 Å². The molecule has 0 bridgehead atoms. The summed E-state index contributed by atoms with van der Waals surface area (Å²) in [6.07, 6.45) is 2.34. The molecule has 0 radical (unpaired) electrons. The minimum absolute atomic E-state index is 0.363. The predicted molar refractivity (Wildman–Crippen MR) is 127 cm³/mol. The first-order chi connectivity index (χ1) is 15.6. The fraction of sp³-hybridized carbons (Fsp3) is 0.200. The summed E-state index contributed by atoms with van der Waals surface area (Å²) < 4.78 is 5.34. The van der Waals surface area contributed by atoms with Crippen molar-refractivity contribution in [3.8, 4) is 17.3 Å². The topological polar surface area (TPSA) is 56.6 Å². The van der Waals surface area contributed by atoms with Gasteiger partial charge in [0, 0.05) is 10.4 Å². The molecule has 160 valence electrons. The molecule has 0 N–H and O–H groups in total. The van der Waals surface area contributed by atoms with Gasteiger partial charge in [0.05, 0.1) is 18.8 Å². The van der Waals surface area contributed by atoms with Gasteiger partial charge in [-0.2, -0.15) is 5.26 Å². The highest BCUT2D eigenvalue weighted by Gasteiger charge is 2.66. The van der Waals surface area contributed by atoms with Gasteiger partial charge < -0.3 is 4.74 Å².